The molecule has 0 saturated heterocycles. The lowest BCUT2D eigenvalue weighted by molar-refractivity contribution is 0.410. The van der Waals surface area contributed by atoms with Crippen molar-refractivity contribution in [1.29, 1.82) is 0 Å². The van der Waals surface area contributed by atoms with Gasteiger partial charge >= 0.3 is 0 Å². The van der Waals surface area contributed by atoms with Crippen LogP contribution < -0.4 is 15.4 Å². The van der Waals surface area contributed by atoms with E-state index in [0.29, 0.717) is 11.8 Å². The lowest BCUT2D eigenvalue weighted by atomic mass is 10.1. The zero-order valence-corrected chi connectivity index (χ0v) is 16.2. The molecule has 0 aliphatic carbocycles. The number of methoxy groups -OCH3 is 1. The largest absolute Gasteiger partial charge is 0.496 e. The topological polar surface area (TPSA) is 72.0 Å². The van der Waals surface area contributed by atoms with E-state index in [2.05, 4.69) is 64.8 Å². The van der Waals surface area contributed by atoms with Gasteiger partial charge in [0, 0.05) is 12.2 Å². The molecule has 2 aromatic carbocycles. The summed E-state index contributed by atoms with van der Waals surface area (Å²) in [6.07, 6.45) is 2.45. The second-order valence-electron chi connectivity index (χ2n) is 6.55. The Morgan fingerprint density at radius 1 is 1.04 bits per heavy atom. The van der Waals surface area contributed by atoms with E-state index in [-0.39, 0.29) is 0 Å². The predicted molar refractivity (Wildman–Crippen MR) is 109 cm³/mol. The van der Waals surface area contributed by atoms with Gasteiger partial charge in [-0.05, 0) is 49.9 Å². The molecule has 0 spiro atoms. The molecule has 6 nitrogen and oxygen atoms in total. The maximum Gasteiger partial charge on any atom is 0.249 e. The summed E-state index contributed by atoms with van der Waals surface area (Å²) in [5.41, 5.74) is 5.73. The number of para-hydroxylation sites is 1. The predicted octanol–water partition coefficient (Wildman–Crippen LogP) is 4.20. The Morgan fingerprint density at radius 2 is 1.78 bits per heavy atom. The zero-order chi connectivity index (χ0) is 19.2. The van der Waals surface area contributed by atoms with Gasteiger partial charge in [-0.25, -0.2) is 0 Å². The summed E-state index contributed by atoms with van der Waals surface area (Å²) in [6.45, 7) is 6.96. The van der Waals surface area contributed by atoms with Crippen molar-refractivity contribution in [2.24, 2.45) is 0 Å². The van der Waals surface area contributed by atoms with E-state index in [1.807, 2.05) is 18.2 Å². The van der Waals surface area contributed by atoms with Crippen LogP contribution in [0, 0.1) is 20.8 Å². The molecular weight excluding hydrogens is 338 g/mol. The average molecular weight is 363 g/mol. The van der Waals surface area contributed by atoms with Gasteiger partial charge in [0.2, 0.25) is 5.95 Å². The summed E-state index contributed by atoms with van der Waals surface area (Å²) in [5.74, 6) is 2.06. The van der Waals surface area contributed by atoms with E-state index in [4.69, 9.17) is 4.74 Å². The summed E-state index contributed by atoms with van der Waals surface area (Å²) in [4.78, 5) is 4.52. The van der Waals surface area contributed by atoms with Crippen LogP contribution in [0.15, 0.2) is 42.6 Å². The van der Waals surface area contributed by atoms with E-state index < -0.39 is 0 Å². The Kier molecular flexibility index (Phi) is 5.86. The highest BCUT2D eigenvalue weighted by atomic mass is 16.5. The highest BCUT2D eigenvalue weighted by molar-refractivity contribution is 5.64. The summed E-state index contributed by atoms with van der Waals surface area (Å²) < 4.78 is 5.39. The molecule has 0 atom stereocenters. The van der Waals surface area contributed by atoms with Crippen molar-refractivity contribution < 1.29 is 4.74 Å². The molecule has 1 aromatic heterocycles. The van der Waals surface area contributed by atoms with Crippen LogP contribution in [0.5, 0.6) is 5.75 Å². The number of hydrogen-bond acceptors (Lipinski definition) is 6. The minimum absolute atomic E-state index is 0.479. The van der Waals surface area contributed by atoms with E-state index in [0.717, 1.165) is 41.1 Å². The van der Waals surface area contributed by atoms with Crippen molar-refractivity contribution >= 4 is 17.5 Å². The zero-order valence-electron chi connectivity index (χ0n) is 16.2. The number of hydrogen-bond donors (Lipinski definition) is 2. The van der Waals surface area contributed by atoms with Gasteiger partial charge in [0.25, 0.3) is 0 Å². The summed E-state index contributed by atoms with van der Waals surface area (Å²) in [5, 5.41) is 14.7. The van der Waals surface area contributed by atoms with Gasteiger partial charge in [0.05, 0.1) is 13.3 Å². The fourth-order valence-corrected chi connectivity index (χ4v) is 3.17. The maximum atomic E-state index is 5.39. The minimum Gasteiger partial charge on any atom is -0.496 e. The van der Waals surface area contributed by atoms with Crippen molar-refractivity contribution in [3.05, 3.63) is 64.8 Å². The third kappa shape index (κ3) is 4.73. The fourth-order valence-electron chi connectivity index (χ4n) is 3.17. The molecule has 2 N–H and O–H groups in total. The third-order valence-electron chi connectivity index (χ3n) is 4.37. The first-order chi connectivity index (χ1) is 13.1. The number of ether oxygens (including phenoxy) is 1. The van der Waals surface area contributed by atoms with Gasteiger partial charge in [0.15, 0.2) is 5.82 Å². The van der Waals surface area contributed by atoms with Crippen LogP contribution >= 0.6 is 0 Å². The molecule has 0 aliphatic heterocycles. The van der Waals surface area contributed by atoms with Gasteiger partial charge in [-0.1, -0.05) is 35.9 Å². The normalized spacial score (nSPS) is 10.5. The lowest BCUT2D eigenvalue weighted by Gasteiger charge is -2.13. The summed E-state index contributed by atoms with van der Waals surface area (Å²) in [7, 11) is 1.69. The van der Waals surface area contributed by atoms with Gasteiger partial charge < -0.3 is 15.4 Å². The van der Waals surface area contributed by atoms with Gasteiger partial charge in [0.1, 0.15) is 5.75 Å². The number of anilines is 3. The monoisotopic (exact) mass is 363 g/mol. The molecule has 0 aliphatic rings. The van der Waals surface area contributed by atoms with Crippen molar-refractivity contribution in [3.8, 4) is 5.75 Å². The fraction of sp³-hybridized carbons (Fsp3) is 0.286. The highest BCUT2D eigenvalue weighted by Gasteiger charge is 2.07. The number of nitrogens with one attached hydrogen (secondary N) is 2. The number of benzene rings is 2. The van der Waals surface area contributed by atoms with Crippen LogP contribution in [-0.2, 0) is 6.42 Å². The Bertz CT molecular complexity index is 903. The smallest absolute Gasteiger partial charge is 0.249 e. The molecule has 0 unspecified atom stereocenters. The molecular formula is C21H25N5O. The molecule has 3 rings (SSSR count). The molecule has 0 bridgehead atoms. The number of aromatic nitrogens is 3. The standard InChI is InChI=1S/C21H25N5O/c1-14-11-15(2)20(16(3)12-14)25-21-24-19(13-23-26-21)22-10-9-17-7-5-6-8-18(17)27-4/h5-8,11-13H,9-10H2,1-4H3,(H2,22,24,25,26). The first-order valence-electron chi connectivity index (χ1n) is 8.97. The van der Waals surface area contributed by atoms with E-state index >= 15 is 0 Å². The quantitative estimate of drug-likeness (QED) is 0.655. The Balaban J connectivity index is 1.66. The van der Waals surface area contributed by atoms with E-state index in [9.17, 15) is 0 Å². The Morgan fingerprint density at radius 3 is 2.52 bits per heavy atom. The summed E-state index contributed by atoms with van der Waals surface area (Å²) in [6, 6.07) is 12.3. The van der Waals surface area contributed by atoms with Crippen molar-refractivity contribution in [2.45, 2.75) is 27.2 Å². The minimum atomic E-state index is 0.479. The average Bonchev–Trinajstić information content (AvgIpc) is 2.65. The number of rotatable bonds is 7. The first-order valence-corrected chi connectivity index (χ1v) is 8.97. The first kappa shape index (κ1) is 18.6. The molecule has 27 heavy (non-hydrogen) atoms. The van der Waals surface area contributed by atoms with Crippen molar-refractivity contribution in [3.63, 3.8) is 0 Å². The lowest BCUT2D eigenvalue weighted by Crippen LogP contribution is -2.10. The molecule has 0 radical (unpaired) electrons. The second-order valence-corrected chi connectivity index (χ2v) is 6.55. The molecule has 1 heterocycles. The van der Waals surface area contributed by atoms with Crippen LogP contribution in [0.2, 0.25) is 0 Å². The van der Waals surface area contributed by atoms with Gasteiger partial charge in [-0.2, -0.15) is 10.1 Å². The molecule has 0 fully saturated rings. The second kappa shape index (κ2) is 8.49. The Hall–Kier alpha value is -3.15. The third-order valence-corrected chi connectivity index (χ3v) is 4.37. The highest BCUT2D eigenvalue weighted by Crippen LogP contribution is 2.24. The number of nitrogens with zero attached hydrogens (tertiary/aromatic N) is 3. The molecule has 140 valence electrons. The molecule has 0 saturated carbocycles. The van der Waals surface area contributed by atoms with Crippen LogP contribution in [0.4, 0.5) is 17.5 Å². The van der Waals surface area contributed by atoms with Crippen LogP contribution in [0.1, 0.15) is 22.3 Å². The molecule has 3 aromatic rings. The van der Waals surface area contributed by atoms with Crippen molar-refractivity contribution in [2.75, 3.05) is 24.3 Å². The van der Waals surface area contributed by atoms with Crippen molar-refractivity contribution in [1.82, 2.24) is 15.2 Å². The van der Waals surface area contributed by atoms with Gasteiger partial charge in [-0.3, -0.25) is 0 Å². The van der Waals surface area contributed by atoms with Crippen LogP contribution in [-0.4, -0.2) is 28.8 Å². The molecule has 6 heteroatoms. The Labute approximate surface area is 160 Å². The van der Waals surface area contributed by atoms with Gasteiger partial charge in [-0.15, -0.1) is 5.10 Å². The maximum absolute atomic E-state index is 5.39. The summed E-state index contributed by atoms with van der Waals surface area (Å²) >= 11 is 0. The van der Waals surface area contributed by atoms with E-state index in [1.54, 1.807) is 13.3 Å². The van der Waals surface area contributed by atoms with E-state index in [1.165, 1.54) is 5.56 Å². The van der Waals surface area contributed by atoms with Crippen LogP contribution in [0.25, 0.3) is 0 Å². The van der Waals surface area contributed by atoms with Crippen LogP contribution in [0.3, 0.4) is 0 Å². The SMILES string of the molecule is COc1ccccc1CCNc1cnnc(Nc2c(C)cc(C)cc2C)n1. The number of aryl methyl sites for hydroxylation is 3. The molecule has 0 amide bonds.